The zero-order valence-corrected chi connectivity index (χ0v) is 16.2. The van der Waals surface area contributed by atoms with Gasteiger partial charge < -0.3 is 0 Å². The van der Waals surface area contributed by atoms with Gasteiger partial charge in [0, 0.05) is 29.7 Å². The first-order valence-corrected chi connectivity index (χ1v) is 10.9. The molecule has 4 rings (SSSR count). The summed E-state index contributed by atoms with van der Waals surface area (Å²) in [5.74, 6) is 0. The highest BCUT2D eigenvalue weighted by molar-refractivity contribution is 8.09. The number of allylic oxidation sites excluding steroid dienone is 1. The second kappa shape index (κ2) is 6.44. The normalized spacial score (nSPS) is 19.5. The summed E-state index contributed by atoms with van der Waals surface area (Å²) in [4.78, 5) is 6.93. The van der Waals surface area contributed by atoms with Crippen LogP contribution in [-0.4, -0.2) is 5.25 Å². The van der Waals surface area contributed by atoms with E-state index in [0.29, 0.717) is 5.25 Å². The zero-order chi connectivity index (χ0) is 15.8. The Hall–Kier alpha value is -1.07. The lowest BCUT2D eigenvalue weighted by atomic mass is 10.1. The van der Waals surface area contributed by atoms with Crippen LogP contribution in [0.5, 0.6) is 0 Å². The van der Waals surface area contributed by atoms with E-state index in [-0.39, 0.29) is 0 Å². The summed E-state index contributed by atoms with van der Waals surface area (Å²) in [7, 11) is 0. The van der Waals surface area contributed by atoms with Crippen molar-refractivity contribution < 1.29 is 0 Å². The Kier molecular flexibility index (Phi) is 4.33. The average Bonchev–Trinajstić information content (AvgIpc) is 3.29. The van der Waals surface area contributed by atoms with Crippen molar-refractivity contribution in [3.05, 3.63) is 68.1 Å². The van der Waals surface area contributed by atoms with Crippen molar-refractivity contribution in [2.24, 2.45) is 0 Å². The van der Waals surface area contributed by atoms with E-state index in [1.165, 1.54) is 35.6 Å². The zero-order valence-electron chi connectivity index (χ0n) is 12.9. The van der Waals surface area contributed by atoms with E-state index < -0.39 is 0 Å². The predicted octanol–water partition coefficient (Wildman–Crippen LogP) is 7.41. The minimum absolute atomic E-state index is 0.527. The molecule has 0 fully saturated rings. The third-order valence-electron chi connectivity index (χ3n) is 3.85. The molecule has 23 heavy (non-hydrogen) atoms. The van der Waals surface area contributed by atoms with Gasteiger partial charge in [0.05, 0.1) is 0 Å². The van der Waals surface area contributed by atoms with E-state index in [0.717, 1.165) is 0 Å². The molecule has 0 nitrogen and oxygen atoms in total. The van der Waals surface area contributed by atoms with Gasteiger partial charge in [0.2, 0.25) is 0 Å². The molecule has 0 saturated heterocycles. The molecule has 4 heterocycles. The molecule has 1 atom stereocenters. The molecule has 0 aliphatic carbocycles. The fourth-order valence-corrected chi connectivity index (χ4v) is 6.53. The van der Waals surface area contributed by atoms with E-state index >= 15 is 0 Å². The van der Waals surface area contributed by atoms with Crippen LogP contribution in [0.3, 0.4) is 0 Å². The van der Waals surface area contributed by atoms with E-state index in [1.54, 1.807) is 0 Å². The molecule has 0 N–H and O–H groups in total. The summed E-state index contributed by atoms with van der Waals surface area (Å²) in [6.45, 7) is 4.52. The minimum atomic E-state index is 0.527. The summed E-state index contributed by atoms with van der Waals surface area (Å²) in [5, 5.41) is 4.83. The molecule has 0 saturated carbocycles. The number of hydrogen-bond donors (Lipinski definition) is 0. The molecule has 1 aliphatic rings. The van der Waals surface area contributed by atoms with E-state index in [1.807, 2.05) is 45.8 Å². The maximum absolute atomic E-state index is 2.38. The molecule has 0 bridgehead atoms. The highest BCUT2D eigenvalue weighted by Crippen LogP contribution is 2.45. The van der Waals surface area contributed by atoms with Crippen LogP contribution in [-0.2, 0) is 0 Å². The molecule has 116 valence electrons. The predicted molar refractivity (Wildman–Crippen MR) is 110 cm³/mol. The van der Waals surface area contributed by atoms with Gasteiger partial charge in [-0.25, -0.2) is 0 Å². The van der Waals surface area contributed by atoms with Crippen LogP contribution in [0.1, 0.15) is 22.2 Å². The molecule has 1 aliphatic heterocycles. The number of thioether (sulfide) groups is 1. The summed E-state index contributed by atoms with van der Waals surface area (Å²) in [6, 6.07) is 11.0. The Labute approximate surface area is 153 Å². The van der Waals surface area contributed by atoms with Gasteiger partial charge in [-0.2, -0.15) is 0 Å². The Morgan fingerprint density at radius 2 is 1.74 bits per heavy atom. The molecule has 1 unspecified atom stereocenters. The van der Waals surface area contributed by atoms with Crippen LogP contribution in [0.2, 0.25) is 0 Å². The lowest BCUT2D eigenvalue weighted by molar-refractivity contribution is 1.21. The molecule has 0 spiro atoms. The topological polar surface area (TPSA) is 0 Å². The standard InChI is InChI=1S/C19H16S4/c1-12-9-18(15-5-3-7-20-15)23-17(12)10-14-11-19(22-13(14)2)16-6-4-8-21-16/h3-11,13H,1-2H3/b14-10-. The van der Waals surface area contributed by atoms with Gasteiger partial charge in [0.1, 0.15) is 0 Å². The summed E-state index contributed by atoms with van der Waals surface area (Å²) in [6.07, 6.45) is 4.75. The molecule has 4 heteroatoms. The summed E-state index contributed by atoms with van der Waals surface area (Å²) < 4.78 is 0. The lowest BCUT2D eigenvalue weighted by Crippen LogP contribution is -1.91. The van der Waals surface area contributed by atoms with Crippen LogP contribution in [0.25, 0.3) is 20.7 Å². The number of aryl methyl sites for hydroxylation is 1. The molecule has 0 aromatic carbocycles. The Bertz CT molecular complexity index is 861. The third-order valence-corrected chi connectivity index (χ3v) is 8.35. The van der Waals surface area contributed by atoms with Crippen LogP contribution < -0.4 is 0 Å². The van der Waals surface area contributed by atoms with Gasteiger partial charge in [-0.15, -0.1) is 45.8 Å². The summed E-state index contributed by atoms with van der Waals surface area (Å²) >= 11 is 7.51. The highest BCUT2D eigenvalue weighted by atomic mass is 32.2. The highest BCUT2D eigenvalue weighted by Gasteiger charge is 2.21. The quantitative estimate of drug-likeness (QED) is 0.461. The lowest BCUT2D eigenvalue weighted by Gasteiger charge is -2.03. The third kappa shape index (κ3) is 3.13. The largest absolute Gasteiger partial charge is 0.143 e. The first kappa shape index (κ1) is 15.5. The van der Waals surface area contributed by atoms with Crippen LogP contribution in [0.4, 0.5) is 0 Å². The van der Waals surface area contributed by atoms with E-state index in [9.17, 15) is 0 Å². The smallest absolute Gasteiger partial charge is 0.0451 e. The van der Waals surface area contributed by atoms with E-state index in [4.69, 9.17) is 0 Å². The van der Waals surface area contributed by atoms with Crippen molar-refractivity contribution in [1.82, 2.24) is 0 Å². The van der Waals surface area contributed by atoms with Crippen molar-refractivity contribution in [3.63, 3.8) is 0 Å². The Morgan fingerprint density at radius 3 is 2.43 bits per heavy atom. The van der Waals surface area contributed by atoms with Crippen molar-refractivity contribution in [2.45, 2.75) is 19.1 Å². The van der Waals surface area contributed by atoms with Crippen LogP contribution >= 0.6 is 45.8 Å². The fourth-order valence-electron chi connectivity index (χ4n) is 2.60. The number of thiophene rings is 3. The average molecular weight is 373 g/mol. The molecule has 3 aromatic rings. The van der Waals surface area contributed by atoms with Gasteiger partial charge in [-0.3, -0.25) is 0 Å². The Balaban J connectivity index is 1.68. The SMILES string of the molecule is Cc1cc(-c2cccs2)sc1/C=C1/C=C(c2cccs2)SC1C. The van der Waals surface area contributed by atoms with Crippen molar-refractivity contribution in [1.29, 1.82) is 0 Å². The maximum Gasteiger partial charge on any atom is 0.0451 e. The van der Waals surface area contributed by atoms with Crippen LogP contribution in [0.15, 0.2) is 52.7 Å². The number of hydrogen-bond acceptors (Lipinski definition) is 4. The summed E-state index contributed by atoms with van der Waals surface area (Å²) in [5.41, 5.74) is 2.81. The molecule has 0 radical (unpaired) electrons. The first-order valence-electron chi connectivity index (χ1n) is 7.49. The Morgan fingerprint density at radius 1 is 1.00 bits per heavy atom. The minimum Gasteiger partial charge on any atom is -0.143 e. The number of rotatable bonds is 3. The van der Waals surface area contributed by atoms with Gasteiger partial charge in [-0.05, 0) is 66.1 Å². The molecule has 0 amide bonds. The first-order chi connectivity index (χ1) is 11.2. The second-order valence-electron chi connectivity index (χ2n) is 5.53. The second-order valence-corrected chi connectivity index (χ2v) is 9.89. The van der Waals surface area contributed by atoms with Crippen molar-refractivity contribution in [2.75, 3.05) is 0 Å². The molecular formula is C19H16S4. The fraction of sp³-hybridized carbons (Fsp3) is 0.158. The molecule has 3 aromatic heterocycles. The maximum atomic E-state index is 2.38. The van der Waals surface area contributed by atoms with Gasteiger partial charge in [-0.1, -0.05) is 12.1 Å². The van der Waals surface area contributed by atoms with Crippen molar-refractivity contribution in [3.8, 4) is 9.75 Å². The monoisotopic (exact) mass is 372 g/mol. The molecular weight excluding hydrogens is 356 g/mol. The van der Waals surface area contributed by atoms with Gasteiger partial charge >= 0.3 is 0 Å². The van der Waals surface area contributed by atoms with E-state index in [2.05, 4.69) is 67.1 Å². The van der Waals surface area contributed by atoms with Gasteiger partial charge in [0.25, 0.3) is 0 Å². The van der Waals surface area contributed by atoms with Crippen LogP contribution in [0, 0.1) is 6.92 Å². The van der Waals surface area contributed by atoms with Gasteiger partial charge in [0.15, 0.2) is 0 Å². The van der Waals surface area contributed by atoms with Crippen molar-refractivity contribution >= 4 is 56.8 Å².